The van der Waals surface area contributed by atoms with E-state index in [1.165, 1.54) is 0 Å². The zero-order valence-electron chi connectivity index (χ0n) is 8.49. The minimum atomic E-state index is -0.432. The average molecular weight is 196 g/mol. The largest absolute Gasteiger partial charge is 0.394 e. The van der Waals surface area contributed by atoms with Crippen LogP contribution in [0.1, 0.15) is 19.4 Å². The fourth-order valence-electron chi connectivity index (χ4n) is 1.04. The molecule has 1 heterocycles. The van der Waals surface area contributed by atoms with Crippen LogP contribution in [0.3, 0.4) is 0 Å². The Hall–Kier alpha value is -1.13. The Labute approximate surface area is 83.6 Å². The average Bonchev–Trinajstić information content (AvgIpc) is 2.18. The van der Waals surface area contributed by atoms with E-state index in [4.69, 9.17) is 10.2 Å². The third kappa shape index (κ3) is 2.68. The normalized spacial score (nSPS) is 11.4. The summed E-state index contributed by atoms with van der Waals surface area (Å²) in [5.74, 6) is 0.619. The van der Waals surface area contributed by atoms with Gasteiger partial charge in [0.15, 0.2) is 0 Å². The molecule has 78 valence electrons. The van der Waals surface area contributed by atoms with E-state index >= 15 is 0 Å². The summed E-state index contributed by atoms with van der Waals surface area (Å²) in [6.45, 7) is 3.68. The molecule has 0 aliphatic rings. The van der Waals surface area contributed by atoms with Gasteiger partial charge in [0, 0.05) is 11.8 Å². The Balaban J connectivity index is 2.85. The minimum absolute atomic E-state index is 0.00838. The fourth-order valence-corrected chi connectivity index (χ4v) is 1.04. The van der Waals surface area contributed by atoms with Gasteiger partial charge in [-0.15, -0.1) is 0 Å². The number of hydrogen-bond donors (Lipinski definition) is 3. The first kappa shape index (κ1) is 10.9. The van der Waals surface area contributed by atoms with Crippen molar-refractivity contribution < 1.29 is 10.2 Å². The minimum Gasteiger partial charge on any atom is -0.394 e. The molecule has 0 saturated carbocycles. The Kier molecular flexibility index (Phi) is 3.43. The summed E-state index contributed by atoms with van der Waals surface area (Å²) in [6.07, 6.45) is 1.65. The standard InChI is InChI=1S/C10H16N2O2/c1-10(2,7-14)12-9-8(6-13)4-3-5-11-9/h3-5,13-14H,6-7H2,1-2H3,(H,11,12). The Morgan fingerprint density at radius 2 is 2.14 bits per heavy atom. The van der Waals surface area contributed by atoms with Crippen molar-refractivity contribution in [3.8, 4) is 0 Å². The van der Waals surface area contributed by atoms with Gasteiger partial charge in [-0.05, 0) is 19.9 Å². The lowest BCUT2D eigenvalue weighted by Gasteiger charge is -2.25. The van der Waals surface area contributed by atoms with Crippen LogP contribution < -0.4 is 5.32 Å². The van der Waals surface area contributed by atoms with Crippen LogP contribution in [0.4, 0.5) is 5.82 Å². The molecular weight excluding hydrogens is 180 g/mol. The Bertz CT molecular complexity index is 300. The molecule has 0 atom stereocenters. The van der Waals surface area contributed by atoms with Crippen LogP contribution in [0, 0.1) is 0 Å². The van der Waals surface area contributed by atoms with E-state index in [-0.39, 0.29) is 13.2 Å². The van der Waals surface area contributed by atoms with Crippen LogP contribution in [0.5, 0.6) is 0 Å². The number of aromatic nitrogens is 1. The molecule has 1 aromatic heterocycles. The molecule has 0 aliphatic carbocycles. The van der Waals surface area contributed by atoms with Gasteiger partial charge in [-0.3, -0.25) is 0 Å². The third-order valence-corrected chi connectivity index (χ3v) is 1.91. The van der Waals surface area contributed by atoms with Gasteiger partial charge in [-0.1, -0.05) is 6.07 Å². The molecular formula is C10H16N2O2. The summed E-state index contributed by atoms with van der Waals surface area (Å²) >= 11 is 0. The highest BCUT2D eigenvalue weighted by atomic mass is 16.3. The second kappa shape index (κ2) is 4.39. The molecule has 1 aromatic rings. The molecule has 0 bridgehead atoms. The summed E-state index contributed by atoms with van der Waals surface area (Å²) in [7, 11) is 0. The zero-order chi connectivity index (χ0) is 10.6. The lowest BCUT2D eigenvalue weighted by Crippen LogP contribution is -2.35. The maximum absolute atomic E-state index is 9.07. The first-order chi connectivity index (χ1) is 6.59. The summed E-state index contributed by atoms with van der Waals surface area (Å²) in [5, 5.41) is 21.2. The van der Waals surface area contributed by atoms with E-state index in [1.54, 1.807) is 18.3 Å². The second-order valence-electron chi connectivity index (χ2n) is 3.84. The van der Waals surface area contributed by atoms with Crippen molar-refractivity contribution in [2.75, 3.05) is 11.9 Å². The molecule has 0 radical (unpaired) electrons. The van der Waals surface area contributed by atoms with Crippen LogP contribution in [-0.2, 0) is 6.61 Å². The van der Waals surface area contributed by atoms with Gasteiger partial charge in [-0.2, -0.15) is 0 Å². The van der Waals surface area contributed by atoms with Gasteiger partial charge in [-0.25, -0.2) is 4.98 Å². The SMILES string of the molecule is CC(C)(CO)Nc1ncccc1CO. The van der Waals surface area contributed by atoms with Crippen molar-refractivity contribution in [2.45, 2.75) is 26.0 Å². The molecule has 0 spiro atoms. The maximum atomic E-state index is 9.07. The predicted molar refractivity (Wildman–Crippen MR) is 54.9 cm³/mol. The molecule has 0 aliphatic heterocycles. The van der Waals surface area contributed by atoms with E-state index < -0.39 is 5.54 Å². The number of aliphatic hydroxyl groups excluding tert-OH is 2. The van der Waals surface area contributed by atoms with Crippen molar-refractivity contribution in [3.05, 3.63) is 23.9 Å². The fraction of sp³-hybridized carbons (Fsp3) is 0.500. The number of pyridine rings is 1. The topological polar surface area (TPSA) is 65.4 Å². The van der Waals surface area contributed by atoms with Gasteiger partial charge in [0.05, 0.1) is 18.8 Å². The van der Waals surface area contributed by atoms with E-state index in [0.29, 0.717) is 5.82 Å². The molecule has 0 unspecified atom stereocenters. The van der Waals surface area contributed by atoms with Gasteiger partial charge in [0.2, 0.25) is 0 Å². The number of aliphatic hydroxyl groups is 2. The van der Waals surface area contributed by atoms with Crippen molar-refractivity contribution in [3.63, 3.8) is 0 Å². The molecule has 14 heavy (non-hydrogen) atoms. The van der Waals surface area contributed by atoms with E-state index in [0.717, 1.165) is 5.56 Å². The highest BCUT2D eigenvalue weighted by molar-refractivity contribution is 5.45. The summed E-state index contributed by atoms with van der Waals surface area (Å²) < 4.78 is 0. The van der Waals surface area contributed by atoms with Gasteiger partial charge in [0.1, 0.15) is 5.82 Å². The lowest BCUT2D eigenvalue weighted by atomic mass is 10.1. The molecule has 3 N–H and O–H groups in total. The first-order valence-corrected chi connectivity index (χ1v) is 4.53. The molecule has 0 fully saturated rings. The maximum Gasteiger partial charge on any atom is 0.131 e. The third-order valence-electron chi connectivity index (χ3n) is 1.91. The van der Waals surface area contributed by atoms with Crippen LogP contribution in [0.15, 0.2) is 18.3 Å². The van der Waals surface area contributed by atoms with Crippen molar-refractivity contribution in [1.29, 1.82) is 0 Å². The summed E-state index contributed by atoms with van der Waals surface area (Å²) in [6, 6.07) is 3.56. The smallest absolute Gasteiger partial charge is 0.131 e. The Morgan fingerprint density at radius 1 is 1.43 bits per heavy atom. The van der Waals surface area contributed by atoms with Crippen molar-refractivity contribution in [1.82, 2.24) is 4.98 Å². The van der Waals surface area contributed by atoms with Crippen molar-refractivity contribution in [2.24, 2.45) is 0 Å². The molecule has 0 saturated heterocycles. The summed E-state index contributed by atoms with van der Waals surface area (Å²) in [5.41, 5.74) is 0.298. The van der Waals surface area contributed by atoms with Crippen LogP contribution >= 0.6 is 0 Å². The first-order valence-electron chi connectivity index (χ1n) is 4.53. The lowest BCUT2D eigenvalue weighted by molar-refractivity contribution is 0.233. The molecule has 0 amide bonds. The molecule has 0 aromatic carbocycles. The molecule has 4 heteroatoms. The van der Waals surface area contributed by atoms with E-state index in [9.17, 15) is 0 Å². The van der Waals surface area contributed by atoms with E-state index in [2.05, 4.69) is 10.3 Å². The van der Waals surface area contributed by atoms with Crippen LogP contribution in [-0.4, -0.2) is 27.3 Å². The van der Waals surface area contributed by atoms with Crippen LogP contribution in [0.2, 0.25) is 0 Å². The number of nitrogens with zero attached hydrogens (tertiary/aromatic N) is 1. The van der Waals surface area contributed by atoms with Gasteiger partial charge >= 0.3 is 0 Å². The number of rotatable bonds is 4. The predicted octanol–water partition coefficient (Wildman–Crippen LogP) is 0.757. The summed E-state index contributed by atoms with van der Waals surface area (Å²) in [4.78, 5) is 4.10. The molecule has 4 nitrogen and oxygen atoms in total. The quantitative estimate of drug-likeness (QED) is 0.665. The van der Waals surface area contributed by atoms with Crippen molar-refractivity contribution >= 4 is 5.82 Å². The molecule has 1 rings (SSSR count). The number of hydrogen-bond acceptors (Lipinski definition) is 4. The highest BCUT2D eigenvalue weighted by Gasteiger charge is 2.17. The van der Waals surface area contributed by atoms with E-state index in [1.807, 2.05) is 13.8 Å². The highest BCUT2D eigenvalue weighted by Crippen LogP contribution is 2.16. The number of anilines is 1. The zero-order valence-corrected chi connectivity index (χ0v) is 8.49. The number of nitrogens with one attached hydrogen (secondary N) is 1. The Morgan fingerprint density at radius 3 is 2.71 bits per heavy atom. The second-order valence-corrected chi connectivity index (χ2v) is 3.84. The monoisotopic (exact) mass is 196 g/mol. The van der Waals surface area contributed by atoms with Crippen LogP contribution in [0.25, 0.3) is 0 Å². The van der Waals surface area contributed by atoms with Gasteiger partial charge in [0.25, 0.3) is 0 Å². The van der Waals surface area contributed by atoms with Gasteiger partial charge < -0.3 is 15.5 Å².